The summed E-state index contributed by atoms with van der Waals surface area (Å²) >= 11 is 5.48. The zero-order valence-corrected chi connectivity index (χ0v) is 10.8. The van der Waals surface area contributed by atoms with Crippen LogP contribution >= 0.6 is 11.6 Å². The van der Waals surface area contributed by atoms with Gasteiger partial charge in [-0.15, -0.1) is 11.6 Å². The standard InChI is InChI=1S/C14H17ClO2/c1-2-16-11-4-12-17-14-8-6-13(7-9-14)5-3-10-15/h6-9H,2,4,10-12H2,1H3. The van der Waals surface area contributed by atoms with Gasteiger partial charge in [0.1, 0.15) is 5.75 Å². The van der Waals surface area contributed by atoms with Gasteiger partial charge in [-0.1, -0.05) is 11.8 Å². The normalized spacial score (nSPS) is 9.53. The number of benzene rings is 1. The van der Waals surface area contributed by atoms with Gasteiger partial charge in [0.15, 0.2) is 0 Å². The molecule has 0 bridgehead atoms. The van der Waals surface area contributed by atoms with E-state index in [1.165, 1.54) is 0 Å². The lowest BCUT2D eigenvalue weighted by molar-refractivity contribution is 0.131. The summed E-state index contributed by atoms with van der Waals surface area (Å²) in [6.07, 6.45) is 0.904. The molecule has 0 heterocycles. The molecular formula is C14H17ClO2. The third kappa shape index (κ3) is 6.21. The second kappa shape index (κ2) is 8.92. The van der Waals surface area contributed by atoms with Crippen LogP contribution in [0.5, 0.6) is 5.75 Å². The van der Waals surface area contributed by atoms with Crippen LogP contribution in [0.3, 0.4) is 0 Å². The SMILES string of the molecule is CCOCCCOc1ccc(C#CCCl)cc1. The van der Waals surface area contributed by atoms with Crippen molar-refractivity contribution in [1.29, 1.82) is 0 Å². The Labute approximate surface area is 108 Å². The van der Waals surface area contributed by atoms with Gasteiger partial charge in [0, 0.05) is 25.2 Å². The maximum absolute atomic E-state index is 5.56. The number of alkyl halides is 1. The highest BCUT2D eigenvalue weighted by Crippen LogP contribution is 2.11. The molecule has 2 nitrogen and oxygen atoms in total. The number of halogens is 1. The van der Waals surface area contributed by atoms with Gasteiger partial charge in [0.25, 0.3) is 0 Å². The molecule has 0 saturated heterocycles. The molecule has 1 aromatic rings. The first kappa shape index (κ1) is 13.9. The fraction of sp³-hybridized carbons (Fsp3) is 0.429. The van der Waals surface area contributed by atoms with Crippen molar-refractivity contribution in [3.63, 3.8) is 0 Å². The van der Waals surface area contributed by atoms with Crippen molar-refractivity contribution in [1.82, 2.24) is 0 Å². The van der Waals surface area contributed by atoms with Crippen molar-refractivity contribution >= 4 is 11.6 Å². The predicted octanol–water partition coefficient (Wildman–Crippen LogP) is 3.08. The minimum Gasteiger partial charge on any atom is -0.494 e. The number of ether oxygens (including phenoxy) is 2. The van der Waals surface area contributed by atoms with Crippen molar-refractivity contribution in [3.8, 4) is 17.6 Å². The zero-order chi connectivity index (χ0) is 12.3. The van der Waals surface area contributed by atoms with E-state index in [4.69, 9.17) is 21.1 Å². The summed E-state index contributed by atoms with van der Waals surface area (Å²) in [7, 11) is 0. The van der Waals surface area contributed by atoms with Gasteiger partial charge >= 0.3 is 0 Å². The molecule has 0 N–H and O–H groups in total. The highest BCUT2D eigenvalue weighted by molar-refractivity contribution is 6.19. The summed E-state index contributed by atoms with van der Waals surface area (Å²) in [6.45, 7) is 4.16. The van der Waals surface area contributed by atoms with E-state index in [2.05, 4.69) is 11.8 Å². The molecule has 0 aliphatic rings. The Bertz CT molecular complexity index is 362. The van der Waals surface area contributed by atoms with Crippen molar-refractivity contribution in [3.05, 3.63) is 29.8 Å². The molecule has 0 aliphatic heterocycles. The number of rotatable bonds is 6. The van der Waals surface area contributed by atoms with Crippen molar-refractivity contribution in [2.45, 2.75) is 13.3 Å². The molecule has 92 valence electrons. The molecule has 1 aromatic carbocycles. The fourth-order valence-corrected chi connectivity index (χ4v) is 1.33. The molecular weight excluding hydrogens is 236 g/mol. The summed E-state index contributed by atoms with van der Waals surface area (Å²) in [5, 5.41) is 0. The van der Waals surface area contributed by atoms with Crippen LogP contribution in [-0.4, -0.2) is 25.7 Å². The van der Waals surface area contributed by atoms with Gasteiger partial charge in [-0.2, -0.15) is 0 Å². The molecule has 1 rings (SSSR count). The van der Waals surface area contributed by atoms with Crippen molar-refractivity contribution < 1.29 is 9.47 Å². The maximum Gasteiger partial charge on any atom is 0.119 e. The maximum atomic E-state index is 5.56. The van der Waals surface area contributed by atoms with Gasteiger partial charge in [-0.3, -0.25) is 0 Å². The Hall–Kier alpha value is -1.17. The summed E-state index contributed by atoms with van der Waals surface area (Å²) in [5.41, 5.74) is 0.951. The molecule has 0 spiro atoms. The van der Waals surface area contributed by atoms with E-state index < -0.39 is 0 Å². The van der Waals surface area contributed by atoms with Crippen LogP contribution in [0.4, 0.5) is 0 Å². The number of hydrogen-bond donors (Lipinski definition) is 0. The Morgan fingerprint density at radius 1 is 1.18 bits per heavy atom. The third-order valence-corrected chi connectivity index (χ3v) is 2.19. The van der Waals surface area contributed by atoms with Gasteiger partial charge in [0.2, 0.25) is 0 Å². The van der Waals surface area contributed by atoms with Crippen LogP contribution in [0.2, 0.25) is 0 Å². The van der Waals surface area contributed by atoms with Crippen LogP contribution in [0.1, 0.15) is 18.9 Å². The summed E-state index contributed by atoms with van der Waals surface area (Å²) < 4.78 is 10.8. The van der Waals surface area contributed by atoms with Crippen LogP contribution in [0, 0.1) is 11.8 Å². The van der Waals surface area contributed by atoms with E-state index in [1.54, 1.807) is 0 Å². The largest absolute Gasteiger partial charge is 0.494 e. The van der Waals surface area contributed by atoms with Crippen LogP contribution in [0.15, 0.2) is 24.3 Å². The van der Waals surface area contributed by atoms with E-state index in [0.29, 0.717) is 12.5 Å². The third-order valence-electron chi connectivity index (χ3n) is 2.06. The highest BCUT2D eigenvalue weighted by Gasteiger charge is 1.94. The first-order valence-corrected chi connectivity index (χ1v) is 6.25. The molecule has 0 aromatic heterocycles. The quantitative estimate of drug-likeness (QED) is 0.440. The van der Waals surface area contributed by atoms with Crippen LogP contribution < -0.4 is 4.74 Å². The average molecular weight is 253 g/mol. The Kier molecular flexibility index (Phi) is 7.29. The first-order valence-electron chi connectivity index (χ1n) is 5.72. The van der Waals surface area contributed by atoms with Gasteiger partial charge in [-0.25, -0.2) is 0 Å². The monoisotopic (exact) mass is 252 g/mol. The van der Waals surface area contributed by atoms with E-state index in [-0.39, 0.29) is 0 Å². The molecule has 0 saturated carbocycles. The second-order valence-corrected chi connectivity index (χ2v) is 3.63. The van der Waals surface area contributed by atoms with E-state index in [1.807, 2.05) is 31.2 Å². The summed E-state index contributed by atoms with van der Waals surface area (Å²) in [4.78, 5) is 0. The van der Waals surface area contributed by atoms with Gasteiger partial charge in [0.05, 0.1) is 12.5 Å². The van der Waals surface area contributed by atoms with Crippen molar-refractivity contribution in [2.24, 2.45) is 0 Å². The highest BCUT2D eigenvalue weighted by atomic mass is 35.5. The Balaban J connectivity index is 2.30. The summed E-state index contributed by atoms with van der Waals surface area (Å²) in [6, 6.07) is 7.69. The summed E-state index contributed by atoms with van der Waals surface area (Å²) in [5.74, 6) is 6.97. The van der Waals surface area contributed by atoms with Crippen LogP contribution in [-0.2, 0) is 4.74 Å². The lowest BCUT2D eigenvalue weighted by atomic mass is 10.2. The Morgan fingerprint density at radius 2 is 1.94 bits per heavy atom. The number of hydrogen-bond acceptors (Lipinski definition) is 2. The fourth-order valence-electron chi connectivity index (χ4n) is 1.27. The van der Waals surface area contributed by atoms with Gasteiger partial charge < -0.3 is 9.47 Å². The molecule has 0 fully saturated rings. The average Bonchev–Trinajstić information content (AvgIpc) is 2.37. The molecule has 0 amide bonds. The van der Waals surface area contributed by atoms with E-state index in [0.717, 1.165) is 30.9 Å². The second-order valence-electron chi connectivity index (χ2n) is 3.36. The molecule has 0 unspecified atom stereocenters. The van der Waals surface area contributed by atoms with E-state index in [9.17, 15) is 0 Å². The minimum atomic E-state index is 0.357. The molecule has 3 heteroatoms. The first-order chi connectivity index (χ1) is 8.36. The van der Waals surface area contributed by atoms with Gasteiger partial charge in [-0.05, 0) is 31.2 Å². The minimum absolute atomic E-state index is 0.357. The molecule has 0 aliphatic carbocycles. The van der Waals surface area contributed by atoms with E-state index >= 15 is 0 Å². The van der Waals surface area contributed by atoms with Crippen molar-refractivity contribution in [2.75, 3.05) is 25.7 Å². The topological polar surface area (TPSA) is 18.5 Å². The molecule has 0 radical (unpaired) electrons. The predicted molar refractivity (Wildman–Crippen MR) is 70.6 cm³/mol. The lowest BCUT2D eigenvalue weighted by Gasteiger charge is -2.05. The van der Waals surface area contributed by atoms with Crippen LogP contribution in [0.25, 0.3) is 0 Å². The lowest BCUT2D eigenvalue weighted by Crippen LogP contribution is -2.02. The Morgan fingerprint density at radius 3 is 2.59 bits per heavy atom. The molecule has 17 heavy (non-hydrogen) atoms. The zero-order valence-electron chi connectivity index (χ0n) is 10.0. The smallest absolute Gasteiger partial charge is 0.119 e. The molecule has 0 atom stereocenters.